The smallest absolute Gasteiger partial charge is 0.231 e. The van der Waals surface area contributed by atoms with E-state index in [-0.39, 0.29) is 23.4 Å². The number of alkyl halides is 1. The highest BCUT2D eigenvalue weighted by Crippen LogP contribution is 2.23. The zero-order valence-corrected chi connectivity index (χ0v) is 11.6. The van der Waals surface area contributed by atoms with E-state index in [1.54, 1.807) is 0 Å². The summed E-state index contributed by atoms with van der Waals surface area (Å²) < 4.78 is 0. The molecule has 1 N–H and O–H groups in total. The molecule has 1 rings (SSSR count). The summed E-state index contributed by atoms with van der Waals surface area (Å²) >= 11 is 3.04. The van der Waals surface area contributed by atoms with Crippen molar-refractivity contribution in [3.05, 3.63) is 29.8 Å². The lowest BCUT2D eigenvalue weighted by atomic mass is 10.0. The Morgan fingerprint density at radius 2 is 1.94 bits per heavy atom. The van der Waals surface area contributed by atoms with E-state index in [0.29, 0.717) is 5.92 Å². The number of hydrogen-bond acceptors (Lipinski definition) is 2. The molecule has 0 fully saturated rings. The Bertz CT molecular complexity index is 416. The average Bonchev–Trinajstić information content (AvgIpc) is 2.29. The van der Waals surface area contributed by atoms with Crippen molar-refractivity contribution in [2.75, 3.05) is 10.6 Å². The number of benzene rings is 1. The molecule has 1 aromatic rings. The van der Waals surface area contributed by atoms with Crippen LogP contribution in [0, 0.1) is 0 Å². The van der Waals surface area contributed by atoms with Gasteiger partial charge in [-0.05, 0) is 17.5 Å². The summed E-state index contributed by atoms with van der Waals surface area (Å²) in [6.45, 7) is 4.13. The number of halogens is 1. The standard InChI is InChI=1S/C13H16BrNO2/c1-9(2)11-5-3-4-6-12(11)15-13(17)7-10(16)8-14/h3-6,9H,7-8H2,1-2H3,(H,15,17). The number of amides is 1. The van der Waals surface area contributed by atoms with Gasteiger partial charge in [-0.15, -0.1) is 0 Å². The largest absolute Gasteiger partial charge is 0.325 e. The molecule has 0 aliphatic rings. The highest BCUT2D eigenvalue weighted by atomic mass is 79.9. The van der Waals surface area contributed by atoms with Crippen LogP contribution in [0.3, 0.4) is 0 Å². The van der Waals surface area contributed by atoms with E-state index < -0.39 is 0 Å². The molecule has 17 heavy (non-hydrogen) atoms. The van der Waals surface area contributed by atoms with Gasteiger partial charge >= 0.3 is 0 Å². The fraction of sp³-hybridized carbons (Fsp3) is 0.385. The van der Waals surface area contributed by atoms with Gasteiger partial charge in [-0.1, -0.05) is 48.0 Å². The van der Waals surface area contributed by atoms with Gasteiger partial charge in [0.2, 0.25) is 5.91 Å². The number of carbonyl (C=O) groups excluding carboxylic acids is 2. The lowest BCUT2D eigenvalue weighted by molar-refractivity contribution is -0.123. The fourth-order valence-corrected chi connectivity index (χ4v) is 1.73. The van der Waals surface area contributed by atoms with Crippen LogP contribution in [0.2, 0.25) is 0 Å². The molecule has 0 bridgehead atoms. The number of nitrogens with one attached hydrogen (secondary N) is 1. The van der Waals surface area contributed by atoms with Crippen molar-refractivity contribution in [1.29, 1.82) is 0 Å². The van der Waals surface area contributed by atoms with E-state index in [9.17, 15) is 9.59 Å². The maximum Gasteiger partial charge on any atom is 0.231 e. The van der Waals surface area contributed by atoms with E-state index in [1.165, 1.54) is 0 Å². The molecule has 92 valence electrons. The van der Waals surface area contributed by atoms with Crippen LogP contribution in [-0.2, 0) is 9.59 Å². The number of rotatable bonds is 5. The van der Waals surface area contributed by atoms with Crippen LogP contribution in [0.5, 0.6) is 0 Å². The zero-order chi connectivity index (χ0) is 12.8. The van der Waals surface area contributed by atoms with Crippen LogP contribution in [-0.4, -0.2) is 17.0 Å². The van der Waals surface area contributed by atoms with Crippen molar-refractivity contribution in [2.45, 2.75) is 26.2 Å². The molecule has 0 unspecified atom stereocenters. The van der Waals surface area contributed by atoms with E-state index in [0.717, 1.165) is 11.3 Å². The van der Waals surface area contributed by atoms with Crippen molar-refractivity contribution in [3.8, 4) is 0 Å². The van der Waals surface area contributed by atoms with Gasteiger partial charge in [0, 0.05) is 5.69 Å². The minimum absolute atomic E-state index is 0.0856. The van der Waals surface area contributed by atoms with Crippen molar-refractivity contribution < 1.29 is 9.59 Å². The molecule has 0 saturated heterocycles. The molecule has 0 aromatic heterocycles. The Morgan fingerprint density at radius 3 is 2.53 bits per heavy atom. The summed E-state index contributed by atoms with van der Waals surface area (Å²) in [5.41, 5.74) is 1.86. The molecule has 1 aromatic carbocycles. The third-order valence-electron chi connectivity index (χ3n) is 2.36. The van der Waals surface area contributed by atoms with E-state index in [4.69, 9.17) is 0 Å². The Hall–Kier alpha value is -1.16. The van der Waals surface area contributed by atoms with Crippen LogP contribution in [0.4, 0.5) is 5.69 Å². The highest BCUT2D eigenvalue weighted by molar-refractivity contribution is 9.09. The van der Waals surface area contributed by atoms with E-state index >= 15 is 0 Å². The van der Waals surface area contributed by atoms with Crippen LogP contribution >= 0.6 is 15.9 Å². The van der Waals surface area contributed by atoms with Crippen LogP contribution in [0.15, 0.2) is 24.3 Å². The first-order chi connectivity index (χ1) is 8.04. The topological polar surface area (TPSA) is 46.2 Å². The molecule has 0 atom stereocenters. The summed E-state index contributed by atoms with van der Waals surface area (Å²) in [6, 6.07) is 7.64. The molecule has 0 radical (unpaired) electrons. The predicted octanol–water partition coefficient (Wildman–Crippen LogP) is 3.10. The number of Topliss-reactive ketones (excluding diaryl/α,β-unsaturated/α-hetero) is 1. The maximum atomic E-state index is 11.6. The Balaban J connectivity index is 2.74. The Kier molecular flexibility index (Phi) is 5.35. The maximum absolute atomic E-state index is 11.6. The van der Waals surface area contributed by atoms with E-state index in [2.05, 4.69) is 35.1 Å². The van der Waals surface area contributed by atoms with Gasteiger partial charge in [0.1, 0.15) is 0 Å². The summed E-state index contributed by atoms with van der Waals surface area (Å²) in [5, 5.41) is 2.99. The van der Waals surface area contributed by atoms with E-state index in [1.807, 2.05) is 24.3 Å². The SMILES string of the molecule is CC(C)c1ccccc1NC(=O)CC(=O)CBr. The molecule has 4 heteroatoms. The quantitative estimate of drug-likeness (QED) is 0.670. The highest BCUT2D eigenvalue weighted by Gasteiger charge is 2.11. The van der Waals surface area contributed by atoms with Crippen molar-refractivity contribution >= 4 is 33.3 Å². The van der Waals surface area contributed by atoms with Gasteiger partial charge in [0.25, 0.3) is 0 Å². The first-order valence-electron chi connectivity index (χ1n) is 5.51. The van der Waals surface area contributed by atoms with Crippen LogP contribution in [0.25, 0.3) is 0 Å². The summed E-state index contributed by atoms with van der Waals surface area (Å²) in [7, 11) is 0. The third kappa shape index (κ3) is 4.30. The van der Waals surface area contributed by atoms with Gasteiger partial charge in [-0.3, -0.25) is 9.59 Å². The first kappa shape index (κ1) is 13.9. The van der Waals surface area contributed by atoms with Crippen LogP contribution < -0.4 is 5.32 Å². The normalized spacial score (nSPS) is 10.4. The second kappa shape index (κ2) is 6.55. The number of ketones is 1. The van der Waals surface area contributed by atoms with Gasteiger partial charge < -0.3 is 5.32 Å². The minimum Gasteiger partial charge on any atom is -0.325 e. The van der Waals surface area contributed by atoms with Crippen molar-refractivity contribution in [2.24, 2.45) is 0 Å². The van der Waals surface area contributed by atoms with Gasteiger partial charge in [0.15, 0.2) is 5.78 Å². The molecule has 0 heterocycles. The summed E-state index contributed by atoms with van der Waals surface area (Å²) in [4.78, 5) is 22.7. The molecule has 0 spiro atoms. The minimum atomic E-state index is -0.262. The number of carbonyl (C=O) groups is 2. The molecular weight excluding hydrogens is 282 g/mol. The Labute approximate surface area is 110 Å². The van der Waals surface area contributed by atoms with Gasteiger partial charge in [-0.25, -0.2) is 0 Å². The third-order valence-corrected chi connectivity index (χ3v) is 2.99. The van der Waals surface area contributed by atoms with Crippen molar-refractivity contribution in [1.82, 2.24) is 0 Å². The second-order valence-electron chi connectivity index (χ2n) is 4.14. The lowest BCUT2D eigenvalue weighted by Gasteiger charge is -2.13. The number of anilines is 1. The molecule has 0 aliphatic carbocycles. The van der Waals surface area contributed by atoms with Gasteiger partial charge in [0.05, 0.1) is 11.8 Å². The lowest BCUT2D eigenvalue weighted by Crippen LogP contribution is -2.18. The molecule has 0 saturated carbocycles. The van der Waals surface area contributed by atoms with Crippen molar-refractivity contribution in [3.63, 3.8) is 0 Å². The number of hydrogen-bond donors (Lipinski definition) is 1. The molecule has 0 aliphatic heterocycles. The second-order valence-corrected chi connectivity index (χ2v) is 4.70. The van der Waals surface area contributed by atoms with Crippen LogP contribution in [0.1, 0.15) is 31.7 Å². The van der Waals surface area contributed by atoms with Gasteiger partial charge in [-0.2, -0.15) is 0 Å². The Morgan fingerprint density at radius 1 is 1.29 bits per heavy atom. The summed E-state index contributed by atoms with van der Waals surface area (Å²) in [5.74, 6) is -0.0505. The summed E-state index contributed by atoms with van der Waals surface area (Å²) in [6.07, 6.45) is -0.0856. The fourth-order valence-electron chi connectivity index (χ4n) is 1.54. The predicted molar refractivity (Wildman–Crippen MR) is 72.6 cm³/mol. The monoisotopic (exact) mass is 297 g/mol. The zero-order valence-electron chi connectivity index (χ0n) is 10.00. The molecule has 1 amide bonds. The average molecular weight is 298 g/mol. The molecular formula is C13H16BrNO2. The first-order valence-corrected chi connectivity index (χ1v) is 6.63. The number of para-hydroxylation sites is 1. The molecule has 3 nitrogen and oxygen atoms in total.